The van der Waals surface area contributed by atoms with E-state index in [0.29, 0.717) is 12.1 Å². The Labute approximate surface area is 120 Å². The van der Waals surface area contributed by atoms with Crippen molar-refractivity contribution < 1.29 is 23.5 Å². The maximum Gasteiger partial charge on any atom is 0.337 e. The summed E-state index contributed by atoms with van der Waals surface area (Å²) in [5, 5.41) is 14.0. The Hall–Kier alpha value is -2.18. The van der Waals surface area contributed by atoms with Gasteiger partial charge in [0.05, 0.1) is 11.3 Å². The van der Waals surface area contributed by atoms with E-state index in [-0.39, 0.29) is 11.2 Å². The van der Waals surface area contributed by atoms with Crippen LogP contribution in [-0.2, 0) is 0 Å². The van der Waals surface area contributed by atoms with Gasteiger partial charge in [0.25, 0.3) is 0 Å². The number of nitrogens with one attached hydrogen (secondary N) is 2. The van der Waals surface area contributed by atoms with Crippen LogP contribution in [0.25, 0.3) is 0 Å². The molecule has 5 nitrogen and oxygen atoms in total. The van der Waals surface area contributed by atoms with Crippen LogP contribution < -0.4 is 10.6 Å². The van der Waals surface area contributed by atoms with E-state index in [4.69, 9.17) is 5.11 Å². The lowest BCUT2D eigenvalue weighted by atomic mass is 9.75. The zero-order valence-corrected chi connectivity index (χ0v) is 11.5. The molecule has 1 aromatic carbocycles. The van der Waals surface area contributed by atoms with Gasteiger partial charge in [0.15, 0.2) is 11.6 Å². The average molecular weight is 298 g/mol. The Balaban J connectivity index is 2.17. The normalized spacial score (nSPS) is 16.0. The van der Waals surface area contributed by atoms with E-state index in [1.165, 1.54) is 0 Å². The topological polar surface area (TPSA) is 78.4 Å². The molecule has 1 aliphatic carbocycles. The van der Waals surface area contributed by atoms with Gasteiger partial charge in [0.1, 0.15) is 0 Å². The van der Waals surface area contributed by atoms with Gasteiger partial charge in [0.2, 0.25) is 0 Å². The van der Waals surface area contributed by atoms with Crippen LogP contribution in [0.15, 0.2) is 12.1 Å². The zero-order chi connectivity index (χ0) is 15.6. The third-order valence-electron chi connectivity index (χ3n) is 3.91. The minimum absolute atomic E-state index is 0.274. The summed E-state index contributed by atoms with van der Waals surface area (Å²) in [6, 6.07) is 0.592. The van der Waals surface area contributed by atoms with Gasteiger partial charge in [0, 0.05) is 11.6 Å². The predicted molar refractivity (Wildman–Crippen MR) is 72.3 cm³/mol. The zero-order valence-electron chi connectivity index (χ0n) is 11.5. The molecule has 0 saturated heterocycles. The fraction of sp³-hybridized carbons (Fsp3) is 0.429. The molecule has 0 aliphatic heterocycles. The number of anilines is 1. The van der Waals surface area contributed by atoms with Gasteiger partial charge in [-0.05, 0) is 31.7 Å². The van der Waals surface area contributed by atoms with Crippen molar-refractivity contribution in [2.45, 2.75) is 38.1 Å². The van der Waals surface area contributed by atoms with Gasteiger partial charge in [-0.15, -0.1) is 0 Å². The highest BCUT2D eigenvalue weighted by molar-refractivity contribution is 6.00. The molecule has 2 amide bonds. The van der Waals surface area contributed by atoms with Crippen LogP contribution in [0, 0.1) is 11.6 Å². The first kappa shape index (κ1) is 15.2. The largest absolute Gasteiger partial charge is 0.478 e. The van der Waals surface area contributed by atoms with Crippen LogP contribution in [0.1, 0.15) is 43.0 Å². The minimum Gasteiger partial charge on any atom is -0.478 e. The summed E-state index contributed by atoms with van der Waals surface area (Å²) in [5.74, 6) is -3.94. The Bertz CT molecular complexity index is 580. The smallest absolute Gasteiger partial charge is 0.337 e. The summed E-state index contributed by atoms with van der Waals surface area (Å²) in [6.45, 7) is 1.94. The van der Waals surface area contributed by atoms with Crippen LogP contribution in [0.5, 0.6) is 0 Å². The Morgan fingerprint density at radius 2 is 1.90 bits per heavy atom. The minimum atomic E-state index is -1.45. The molecular weight excluding hydrogens is 282 g/mol. The average Bonchev–Trinajstić information content (AvgIpc) is 2.37. The van der Waals surface area contributed by atoms with Crippen LogP contribution in [0.4, 0.5) is 19.3 Å². The Morgan fingerprint density at radius 1 is 1.29 bits per heavy atom. The van der Waals surface area contributed by atoms with E-state index in [0.717, 1.165) is 25.7 Å². The van der Waals surface area contributed by atoms with Crippen LogP contribution in [0.3, 0.4) is 0 Å². The molecule has 1 saturated carbocycles. The van der Waals surface area contributed by atoms with E-state index in [1.54, 1.807) is 0 Å². The molecule has 0 radical (unpaired) electrons. The van der Waals surface area contributed by atoms with Gasteiger partial charge in [-0.2, -0.15) is 0 Å². The van der Waals surface area contributed by atoms with Crippen molar-refractivity contribution in [3.8, 4) is 0 Å². The number of halogens is 2. The van der Waals surface area contributed by atoms with Gasteiger partial charge in [-0.1, -0.05) is 6.92 Å². The molecule has 1 aromatic rings. The third-order valence-corrected chi connectivity index (χ3v) is 3.91. The lowest BCUT2D eigenvalue weighted by Gasteiger charge is -2.41. The highest BCUT2D eigenvalue weighted by atomic mass is 19.2. The number of carboxylic acid groups (broad SMARTS) is 1. The second-order valence-electron chi connectivity index (χ2n) is 5.18. The molecule has 0 bridgehead atoms. The lowest BCUT2D eigenvalue weighted by molar-refractivity contribution is 0.0697. The highest BCUT2D eigenvalue weighted by Gasteiger charge is 2.36. The summed E-state index contributed by atoms with van der Waals surface area (Å²) in [4.78, 5) is 22.9. The number of rotatable bonds is 4. The molecule has 1 aliphatic rings. The van der Waals surface area contributed by atoms with E-state index < -0.39 is 29.2 Å². The highest BCUT2D eigenvalue weighted by Crippen LogP contribution is 2.34. The molecule has 0 unspecified atom stereocenters. The maximum atomic E-state index is 13.2. The summed E-state index contributed by atoms with van der Waals surface area (Å²) in [7, 11) is 0. The number of aromatic carboxylic acids is 1. The standard InChI is InChI=1S/C14H16F2N2O3/c1-2-14(4-3-5-14)18-13(21)17-11-7-10(16)9(15)6-8(11)12(19)20/h6-7H,2-5H2,1H3,(H,19,20)(H2,17,18,21). The van der Waals surface area contributed by atoms with Crippen LogP contribution >= 0.6 is 0 Å². The third kappa shape index (κ3) is 3.12. The Kier molecular flexibility index (Phi) is 4.11. The van der Waals surface area contributed by atoms with Crippen molar-refractivity contribution in [1.29, 1.82) is 0 Å². The van der Waals surface area contributed by atoms with Crippen molar-refractivity contribution in [2.75, 3.05) is 5.32 Å². The molecule has 1 fully saturated rings. The molecule has 3 N–H and O–H groups in total. The number of benzene rings is 1. The first-order valence-corrected chi connectivity index (χ1v) is 6.68. The van der Waals surface area contributed by atoms with Crippen molar-refractivity contribution >= 4 is 17.7 Å². The number of amides is 2. The SMILES string of the molecule is CCC1(NC(=O)Nc2cc(F)c(F)cc2C(=O)O)CCC1. The molecule has 7 heteroatoms. The van der Waals surface area contributed by atoms with Gasteiger partial charge >= 0.3 is 12.0 Å². The summed E-state index contributed by atoms with van der Waals surface area (Å²) in [6.07, 6.45) is 3.46. The number of hydrogen-bond acceptors (Lipinski definition) is 2. The lowest BCUT2D eigenvalue weighted by Crippen LogP contribution is -2.54. The summed E-state index contributed by atoms with van der Waals surface area (Å²) < 4.78 is 26.3. The Morgan fingerprint density at radius 3 is 2.38 bits per heavy atom. The fourth-order valence-electron chi connectivity index (χ4n) is 2.39. The number of carbonyl (C=O) groups excluding carboxylic acids is 1. The summed E-state index contributed by atoms with van der Waals surface area (Å²) in [5.41, 5.74) is -1.06. The maximum absolute atomic E-state index is 13.2. The van der Waals surface area contributed by atoms with Crippen molar-refractivity contribution in [3.63, 3.8) is 0 Å². The first-order valence-electron chi connectivity index (χ1n) is 6.68. The second-order valence-corrected chi connectivity index (χ2v) is 5.18. The first-order chi connectivity index (χ1) is 9.87. The van der Waals surface area contributed by atoms with Gasteiger partial charge in [-0.25, -0.2) is 18.4 Å². The fourth-order valence-corrected chi connectivity index (χ4v) is 2.39. The molecule has 0 heterocycles. The predicted octanol–water partition coefficient (Wildman–Crippen LogP) is 3.12. The molecule has 0 atom stereocenters. The quantitative estimate of drug-likeness (QED) is 0.799. The van der Waals surface area contributed by atoms with Crippen molar-refractivity contribution in [3.05, 3.63) is 29.3 Å². The number of urea groups is 1. The van der Waals surface area contributed by atoms with E-state index >= 15 is 0 Å². The molecule has 114 valence electrons. The van der Waals surface area contributed by atoms with Crippen molar-refractivity contribution in [1.82, 2.24) is 5.32 Å². The van der Waals surface area contributed by atoms with E-state index in [2.05, 4.69) is 10.6 Å². The summed E-state index contributed by atoms with van der Waals surface area (Å²) >= 11 is 0. The van der Waals surface area contributed by atoms with E-state index in [1.807, 2.05) is 6.92 Å². The number of carbonyl (C=O) groups is 2. The van der Waals surface area contributed by atoms with E-state index in [9.17, 15) is 18.4 Å². The van der Waals surface area contributed by atoms with Crippen LogP contribution in [0.2, 0.25) is 0 Å². The second kappa shape index (κ2) is 5.67. The van der Waals surface area contributed by atoms with Gasteiger partial charge < -0.3 is 15.7 Å². The molecule has 2 rings (SSSR count). The monoisotopic (exact) mass is 298 g/mol. The van der Waals surface area contributed by atoms with Crippen molar-refractivity contribution in [2.24, 2.45) is 0 Å². The van der Waals surface area contributed by atoms with Gasteiger partial charge in [-0.3, -0.25) is 0 Å². The molecule has 0 spiro atoms. The molecular formula is C14H16F2N2O3. The molecule has 0 aromatic heterocycles. The van der Waals surface area contributed by atoms with Crippen LogP contribution in [-0.4, -0.2) is 22.6 Å². The molecule has 21 heavy (non-hydrogen) atoms. The number of carboxylic acids is 1. The number of hydrogen-bond donors (Lipinski definition) is 3.